The molecule has 0 amide bonds. The molecule has 1 saturated heterocycles. The minimum atomic E-state index is -2.87. The van der Waals surface area contributed by atoms with E-state index in [9.17, 15) is 8.42 Å². The maximum absolute atomic E-state index is 11.7. The Bertz CT molecular complexity index is 589. The Morgan fingerprint density at radius 3 is 2.76 bits per heavy atom. The zero-order valence-corrected chi connectivity index (χ0v) is 15.0. The quantitative estimate of drug-likeness (QED) is 0.879. The van der Waals surface area contributed by atoms with Gasteiger partial charge in [0.1, 0.15) is 0 Å². The molecule has 1 unspecified atom stereocenters. The van der Waals surface area contributed by atoms with Crippen molar-refractivity contribution >= 4 is 31.5 Å². The normalized spacial score (nSPS) is 20.0. The Labute approximate surface area is 136 Å². The number of hydrogen-bond acceptors (Lipinski definition) is 4. The maximum atomic E-state index is 11.7. The van der Waals surface area contributed by atoms with Crippen LogP contribution in [0.2, 0.25) is 0 Å². The fraction of sp³-hybridized carbons (Fsp3) is 0.600. The van der Waals surface area contributed by atoms with Gasteiger partial charge in [0.25, 0.3) is 0 Å². The Balaban J connectivity index is 2.17. The minimum absolute atomic E-state index is 0.245. The Morgan fingerprint density at radius 2 is 2.10 bits per heavy atom. The molecule has 1 aliphatic heterocycles. The van der Waals surface area contributed by atoms with Crippen LogP contribution < -0.4 is 10.2 Å². The van der Waals surface area contributed by atoms with E-state index in [1.807, 2.05) is 0 Å². The van der Waals surface area contributed by atoms with E-state index >= 15 is 0 Å². The first kappa shape index (κ1) is 16.8. The number of nitrogens with zero attached hydrogens (tertiary/aromatic N) is 1. The molecule has 0 radical (unpaired) electrons. The summed E-state index contributed by atoms with van der Waals surface area (Å²) in [4.78, 5) is 2.16. The second kappa shape index (κ2) is 7.11. The number of nitrogens with one attached hydrogen (secondary N) is 1. The van der Waals surface area contributed by atoms with Gasteiger partial charge in [0.05, 0.1) is 17.2 Å². The number of anilines is 1. The molecule has 2 rings (SSSR count). The molecule has 0 bridgehead atoms. The SMILES string of the molecule is CCNC(C)c1ccc(N2CCCS(=O)(=O)CC2)c(Br)c1. The summed E-state index contributed by atoms with van der Waals surface area (Å²) in [6, 6.07) is 6.64. The third kappa shape index (κ3) is 4.44. The van der Waals surface area contributed by atoms with Crippen LogP contribution in [0.5, 0.6) is 0 Å². The van der Waals surface area contributed by atoms with Crippen LogP contribution in [-0.4, -0.2) is 39.6 Å². The zero-order valence-electron chi connectivity index (χ0n) is 12.6. The van der Waals surface area contributed by atoms with Crippen molar-refractivity contribution in [3.8, 4) is 0 Å². The van der Waals surface area contributed by atoms with Gasteiger partial charge in [0, 0.05) is 23.6 Å². The standard InChI is InChI=1S/C15H23BrN2O2S/c1-3-17-12(2)13-5-6-15(14(16)11-13)18-7-4-9-21(19,20)10-8-18/h5-6,11-12,17H,3-4,7-10H2,1-2H3. The van der Waals surface area contributed by atoms with Gasteiger partial charge in [-0.25, -0.2) is 8.42 Å². The molecule has 4 nitrogen and oxygen atoms in total. The fourth-order valence-electron chi connectivity index (χ4n) is 2.65. The average Bonchev–Trinajstić information content (AvgIpc) is 2.60. The van der Waals surface area contributed by atoms with Gasteiger partial charge in [-0.05, 0) is 53.5 Å². The van der Waals surface area contributed by atoms with Gasteiger partial charge in [-0.3, -0.25) is 0 Å². The molecule has 118 valence electrons. The number of rotatable bonds is 4. The molecule has 1 aromatic rings. The number of sulfone groups is 1. The summed E-state index contributed by atoms with van der Waals surface area (Å²) in [5, 5.41) is 3.40. The van der Waals surface area contributed by atoms with Gasteiger partial charge in [0.2, 0.25) is 0 Å². The third-order valence-corrected chi connectivity index (χ3v) is 6.23. The Hall–Kier alpha value is -0.590. The molecule has 1 heterocycles. The zero-order chi connectivity index (χ0) is 15.5. The van der Waals surface area contributed by atoms with Crippen LogP contribution in [0.3, 0.4) is 0 Å². The van der Waals surface area contributed by atoms with Crippen molar-refractivity contribution in [2.45, 2.75) is 26.3 Å². The third-order valence-electron chi connectivity index (χ3n) is 3.88. The van der Waals surface area contributed by atoms with E-state index in [2.05, 4.69) is 58.2 Å². The van der Waals surface area contributed by atoms with Crippen LogP contribution in [0.1, 0.15) is 31.9 Å². The predicted molar refractivity (Wildman–Crippen MR) is 91.7 cm³/mol. The summed E-state index contributed by atoms with van der Waals surface area (Å²) in [5.41, 5.74) is 2.31. The highest BCUT2D eigenvalue weighted by Crippen LogP contribution is 2.30. The molecule has 21 heavy (non-hydrogen) atoms. The lowest BCUT2D eigenvalue weighted by molar-refractivity contribution is 0.597. The van der Waals surface area contributed by atoms with E-state index < -0.39 is 9.84 Å². The summed E-state index contributed by atoms with van der Waals surface area (Å²) in [6.45, 7) is 6.54. The van der Waals surface area contributed by atoms with E-state index in [4.69, 9.17) is 0 Å². The van der Waals surface area contributed by atoms with Gasteiger partial charge in [-0.1, -0.05) is 13.0 Å². The highest BCUT2D eigenvalue weighted by molar-refractivity contribution is 9.10. The largest absolute Gasteiger partial charge is 0.370 e. The molecule has 1 aromatic carbocycles. The van der Waals surface area contributed by atoms with Gasteiger partial charge in [-0.15, -0.1) is 0 Å². The lowest BCUT2D eigenvalue weighted by Crippen LogP contribution is -2.27. The number of hydrogen-bond donors (Lipinski definition) is 1. The van der Waals surface area contributed by atoms with Crippen molar-refractivity contribution in [3.05, 3.63) is 28.2 Å². The number of benzene rings is 1. The molecule has 0 spiro atoms. The van der Waals surface area contributed by atoms with Crippen LogP contribution in [0, 0.1) is 0 Å². The van der Waals surface area contributed by atoms with Gasteiger partial charge in [0.15, 0.2) is 9.84 Å². The highest BCUT2D eigenvalue weighted by Gasteiger charge is 2.20. The second-order valence-corrected chi connectivity index (χ2v) is 8.64. The molecular formula is C15H23BrN2O2S. The Morgan fingerprint density at radius 1 is 1.33 bits per heavy atom. The van der Waals surface area contributed by atoms with Crippen molar-refractivity contribution in [3.63, 3.8) is 0 Å². The van der Waals surface area contributed by atoms with E-state index in [1.165, 1.54) is 5.56 Å². The smallest absolute Gasteiger partial charge is 0.152 e. The summed E-state index contributed by atoms with van der Waals surface area (Å²) in [7, 11) is -2.87. The summed E-state index contributed by atoms with van der Waals surface area (Å²) < 4.78 is 24.4. The molecule has 0 saturated carbocycles. The van der Waals surface area contributed by atoms with Crippen LogP contribution in [0.4, 0.5) is 5.69 Å². The molecule has 0 aromatic heterocycles. The molecule has 0 aliphatic carbocycles. The monoisotopic (exact) mass is 374 g/mol. The molecular weight excluding hydrogens is 352 g/mol. The first-order valence-electron chi connectivity index (χ1n) is 7.41. The summed E-state index contributed by atoms with van der Waals surface area (Å²) >= 11 is 3.64. The van der Waals surface area contributed by atoms with E-state index in [0.29, 0.717) is 24.8 Å². The molecule has 1 fully saturated rings. The summed E-state index contributed by atoms with van der Waals surface area (Å²) in [6.07, 6.45) is 0.699. The highest BCUT2D eigenvalue weighted by atomic mass is 79.9. The first-order valence-corrected chi connectivity index (χ1v) is 10.0. The first-order chi connectivity index (χ1) is 9.93. The van der Waals surface area contributed by atoms with Crippen LogP contribution in [0.25, 0.3) is 0 Å². The van der Waals surface area contributed by atoms with Crippen LogP contribution >= 0.6 is 15.9 Å². The van der Waals surface area contributed by atoms with E-state index in [0.717, 1.165) is 23.2 Å². The van der Waals surface area contributed by atoms with Crippen LogP contribution in [0.15, 0.2) is 22.7 Å². The molecule has 6 heteroatoms. The molecule has 1 aliphatic rings. The van der Waals surface area contributed by atoms with Crippen LogP contribution in [-0.2, 0) is 9.84 Å². The van der Waals surface area contributed by atoms with Crippen molar-refractivity contribution in [1.82, 2.24) is 5.32 Å². The minimum Gasteiger partial charge on any atom is -0.370 e. The maximum Gasteiger partial charge on any atom is 0.152 e. The van der Waals surface area contributed by atoms with Crippen molar-refractivity contribution in [2.24, 2.45) is 0 Å². The second-order valence-electron chi connectivity index (χ2n) is 5.48. The van der Waals surface area contributed by atoms with Crippen molar-refractivity contribution < 1.29 is 8.42 Å². The van der Waals surface area contributed by atoms with Gasteiger partial charge < -0.3 is 10.2 Å². The predicted octanol–water partition coefficient (Wildman–Crippen LogP) is 2.74. The lowest BCUT2D eigenvalue weighted by Gasteiger charge is -2.24. The Kier molecular flexibility index (Phi) is 5.68. The fourth-order valence-corrected chi connectivity index (χ4v) is 4.57. The topological polar surface area (TPSA) is 49.4 Å². The molecule has 1 atom stereocenters. The summed E-state index contributed by atoms with van der Waals surface area (Å²) in [5.74, 6) is 0.547. The average molecular weight is 375 g/mol. The van der Waals surface area contributed by atoms with E-state index in [-0.39, 0.29) is 5.75 Å². The van der Waals surface area contributed by atoms with Crippen molar-refractivity contribution in [1.29, 1.82) is 0 Å². The number of halogens is 1. The lowest BCUT2D eigenvalue weighted by atomic mass is 10.1. The van der Waals surface area contributed by atoms with Crippen molar-refractivity contribution in [2.75, 3.05) is 36.0 Å². The van der Waals surface area contributed by atoms with Gasteiger partial charge in [-0.2, -0.15) is 0 Å². The molecule has 1 N–H and O–H groups in total. The van der Waals surface area contributed by atoms with Gasteiger partial charge >= 0.3 is 0 Å². The van der Waals surface area contributed by atoms with E-state index in [1.54, 1.807) is 0 Å².